The molecule has 7 heteroatoms. The summed E-state index contributed by atoms with van der Waals surface area (Å²) in [5, 5.41) is 5.78. The van der Waals surface area contributed by atoms with E-state index in [1.165, 1.54) is 18.2 Å². The molecule has 2 aromatic rings. The number of amides is 2. The molecule has 0 radical (unpaired) electrons. The first-order chi connectivity index (χ1) is 13.4. The van der Waals surface area contributed by atoms with Gasteiger partial charge < -0.3 is 15.4 Å². The van der Waals surface area contributed by atoms with Crippen LogP contribution in [0.4, 0.5) is 10.1 Å². The monoisotopic (exact) mass is 448 g/mol. The second kappa shape index (κ2) is 9.19. The van der Waals surface area contributed by atoms with Crippen molar-refractivity contribution in [1.29, 1.82) is 0 Å². The molecule has 148 valence electrons. The van der Waals surface area contributed by atoms with Gasteiger partial charge in [0, 0.05) is 6.04 Å². The summed E-state index contributed by atoms with van der Waals surface area (Å²) in [6, 6.07) is 11.0. The first-order valence-corrected chi connectivity index (χ1v) is 10.1. The number of para-hydroxylation sites is 1. The molecule has 0 aromatic heterocycles. The summed E-state index contributed by atoms with van der Waals surface area (Å²) in [6.07, 6.45) is 3.37. The average molecular weight is 449 g/mol. The molecular weight excluding hydrogens is 427 g/mol. The lowest BCUT2D eigenvalue weighted by Crippen LogP contribution is -2.34. The van der Waals surface area contributed by atoms with Crippen LogP contribution in [-0.2, 0) is 4.79 Å². The largest absolute Gasteiger partial charge is 0.480 e. The zero-order valence-corrected chi connectivity index (χ0v) is 17.1. The second-order valence-corrected chi connectivity index (χ2v) is 7.68. The van der Waals surface area contributed by atoms with Gasteiger partial charge in [-0.2, -0.15) is 0 Å². The van der Waals surface area contributed by atoms with Crippen molar-refractivity contribution >= 4 is 33.4 Å². The van der Waals surface area contributed by atoms with Gasteiger partial charge in [0.2, 0.25) is 0 Å². The van der Waals surface area contributed by atoms with E-state index < -0.39 is 17.8 Å². The third-order valence-corrected chi connectivity index (χ3v) is 5.31. The molecule has 1 atom stereocenters. The predicted molar refractivity (Wildman–Crippen MR) is 109 cm³/mol. The Morgan fingerprint density at radius 1 is 1.18 bits per heavy atom. The highest BCUT2D eigenvalue weighted by Gasteiger charge is 2.22. The topological polar surface area (TPSA) is 67.4 Å². The van der Waals surface area contributed by atoms with Crippen LogP contribution >= 0.6 is 15.9 Å². The maximum Gasteiger partial charge on any atom is 0.265 e. The molecular formula is C21H22BrFN2O3. The van der Waals surface area contributed by atoms with Gasteiger partial charge in [0.1, 0.15) is 11.6 Å². The highest BCUT2D eigenvalue weighted by molar-refractivity contribution is 9.10. The van der Waals surface area contributed by atoms with Crippen molar-refractivity contribution in [2.24, 2.45) is 0 Å². The zero-order chi connectivity index (χ0) is 20.1. The quantitative estimate of drug-likeness (QED) is 0.674. The van der Waals surface area contributed by atoms with Gasteiger partial charge in [-0.25, -0.2) is 4.39 Å². The minimum absolute atomic E-state index is 0.189. The Morgan fingerprint density at radius 2 is 1.89 bits per heavy atom. The number of hydrogen-bond donors (Lipinski definition) is 2. The molecule has 1 saturated carbocycles. The van der Waals surface area contributed by atoms with E-state index in [9.17, 15) is 14.0 Å². The molecule has 5 nitrogen and oxygen atoms in total. The smallest absolute Gasteiger partial charge is 0.265 e. The van der Waals surface area contributed by atoms with Crippen LogP contribution in [0.3, 0.4) is 0 Å². The van der Waals surface area contributed by atoms with Gasteiger partial charge in [-0.1, -0.05) is 25.0 Å². The normalized spacial score (nSPS) is 15.1. The molecule has 2 N–H and O–H groups in total. The van der Waals surface area contributed by atoms with Crippen molar-refractivity contribution in [3.8, 4) is 5.75 Å². The van der Waals surface area contributed by atoms with Crippen LogP contribution in [0.1, 0.15) is 43.0 Å². The van der Waals surface area contributed by atoms with Crippen LogP contribution in [-0.4, -0.2) is 24.0 Å². The van der Waals surface area contributed by atoms with Crippen LogP contribution in [0.2, 0.25) is 0 Å². The fourth-order valence-corrected chi connectivity index (χ4v) is 3.62. The molecule has 2 aromatic carbocycles. The minimum atomic E-state index is -0.840. The summed E-state index contributed by atoms with van der Waals surface area (Å²) in [5.74, 6) is -0.648. The Labute approximate surface area is 171 Å². The number of carbonyl (C=O) groups is 2. The third-order valence-electron chi connectivity index (χ3n) is 4.69. The predicted octanol–water partition coefficient (Wildman–Crippen LogP) is 4.67. The molecule has 1 fully saturated rings. The van der Waals surface area contributed by atoms with Gasteiger partial charge in [-0.15, -0.1) is 0 Å². The van der Waals surface area contributed by atoms with E-state index in [0.29, 0.717) is 21.5 Å². The number of benzene rings is 2. The maximum atomic E-state index is 13.2. The van der Waals surface area contributed by atoms with Crippen molar-refractivity contribution in [3.05, 3.63) is 58.3 Å². The average Bonchev–Trinajstić information content (AvgIpc) is 3.17. The van der Waals surface area contributed by atoms with Crippen LogP contribution in [0.25, 0.3) is 0 Å². The van der Waals surface area contributed by atoms with E-state index in [4.69, 9.17) is 4.74 Å². The van der Waals surface area contributed by atoms with Crippen molar-refractivity contribution in [1.82, 2.24) is 5.32 Å². The molecule has 1 unspecified atom stereocenters. The molecule has 28 heavy (non-hydrogen) atoms. The lowest BCUT2D eigenvalue weighted by Gasteiger charge is -2.18. The lowest BCUT2D eigenvalue weighted by atomic mass is 10.1. The highest BCUT2D eigenvalue weighted by Crippen LogP contribution is 2.27. The standard InChI is InChI=1S/C21H22BrFN2O3/c1-13(28-19-11-10-14(23)12-17(19)22)20(26)25-18-9-5-4-8-16(18)21(27)24-15-6-2-3-7-15/h4-5,8-13,15H,2-3,6-7H2,1H3,(H,24,27)(H,25,26). The van der Waals surface area contributed by atoms with Gasteiger partial charge in [0.25, 0.3) is 11.8 Å². The molecule has 3 rings (SSSR count). The zero-order valence-electron chi connectivity index (χ0n) is 15.5. The molecule has 2 amide bonds. The molecule has 0 bridgehead atoms. The number of anilines is 1. The molecule has 1 aliphatic rings. The molecule has 0 heterocycles. The number of halogens is 2. The van der Waals surface area contributed by atoms with E-state index in [-0.39, 0.29) is 11.9 Å². The molecule has 0 spiro atoms. The molecule has 0 saturated heterocycles. The van der Waals surface area contributed by atoms with E-state index in [1.807, 2.05) is 0 Å². The Morgan fingerprint density at radius 3 is 2.61 bits per heavy atom. The van der Waals surface area contributed by atoms with E-state index in [1.54, 1.807) is 31.2 Å². The second-order valence-electron chi connectivity index (χ2n) is 6.82. The molecule has 1 aliphatic carbocycles. The summed E-state index contributed by atoms with van der Waals surface area (Å²) >= 11 is 3.21. The SMILES string of the molecule is CC(Oc1ccc(F)cc1Br)C(=O)Nc1ccccc1C(=O)NC1CCCC1. The fourth-order valence-electron chi connectivity index (χ4n) is 3.17. The van der Waals surface area contributed by atoms with Crippen molar-refractivity contribution < 1.29 is 18.7 Å². The van der Waals surface area contributed by atoms with Crippen LogP contribution in [0.5, 0.6) is 5.75 Å². The first kappa shape index (κ1) is 20.3. The van der Waals surface area contributed by atoms with Crippen LogP contribution in [0.15, 0.2) is 46.9 Å². The highest BCUT2D eigenvalue weighted by atomic mass is 79.9. The van der Waals surface area contributed by atoms with Crippen LogP contribution in [0, 0.1) is 5.82 Å². The van der Waals surface area contributed by atoms with E-state index >= 15 is 0 Å². The van der Waals surface area contributed by atoms with Gasteiger partial charge >= 0.3 is 0 Å². The van der Waals surface area contributed by atoms with Gasteiger partial charge in [0.15, 0.2) is 6.10 Å². The number of ether oxygens (including phenoxy) is 1. The number of hydrogen-bond acceptors (Lipinski definition) is 3. The third kappa shape index (κ3) is 5.10. The van der Waals surface area contributed by atoms with E-state index in [0.717, 1.165) is 25.7 Å². The minimum Gasteiger partial charge on any atom is -0.480 e. The lowest BCUT2D eigenvalue weighted by molar-refractivity contribution is -0.122. The van der Waals surface area contributed by atoms with E-state index in [2.05, 4.69) is 26.6 Å². The summed E-state index contributed by atoms with van der Waals surface area (Å²) in [4.78, 5) is 25.2. The first-order valence-electron chi connectivity index (χ1n) is 9.26. The Kier molecular flexibility index (Phi) is 6.67. The summed E-state index contributed by atoms with van der Waals surface area (Å²) < 4.78 is 19.2. The Bertz CT molecular complexity index is 868. The molecule has 0 aliphatic heterocycles. The summed E-state index contributed by atoms with van der Waals surface area (Å²) in [7, 11) is 0. The maximum absolute atomic E-state index is 13.2. The van der Waals surface area contributed by atoms with Crippen LogP contribution < -0.4 is 15.4 Å². The summed E-state index contributed by atoms with van der Waals surface area (Å²) in [5.41, 5.74) is 0.842. The summed E-state index contributed by atoms with van der Waals surface area (Å²) in [6.45, 7) is 1.59. The van der Waals surface area contributed by atoms with Gasteiger partial charge in [-0.3, -0.25) is 9.59 Å². The van der Waals surface area contributed by atoms with Crippen molar-refractivity contribution in [2.75, 3.05) is 5.32 Å². The van der Waals surface area contributed by atoms with Gasteiger partial charge in [-0.05, 0) is 66.0 Å². The number of nitrogens with one attached hydrogen (secondary N) is 2. The number of carbonyl (C=O) groups excluding carboxylic acids is 2. The fraction of sp³-hybridized carbons (Fsp3) is 0.333. The Hall–Kier alpha value is -2.41. The number of rotatable bonds is 6. The van der Waals surface area contributed by atoms with Crippen molar-refractivity contribution in [3.63, 3.8) is 0 Å². The Balaban J connectivity index is 1.67. The van der Waals surface area contributed by atoms with Gasteiger partial charge in [0.05, 0.1) is 15.7 Å². The van der Waals surface area contributed by atoms with Crippen molar-refractivity contribution in [2.45, 2.75) is 44.8 Å².